The molecule has 0 aliphatic heterocycles. The van der Waals surface area contributed by atoms with Gasteiger partial charge in [0.05, 0.1) is 0 Å². The molecule has 0 fully saturated rings. The number of aromatic hydroxyl groups is 1. The molecule has 0 spiro atoms. The fourth-order valence-corrected chi connectivity index (χ4v) is 1.48. The number of hydrogen-bond acceptors (Lipinski definition) is 2. The third kappa shape index (κ3) is 3.30. The Morgan fingerprint density at radius 1 is 1.27 bits per heavy atom. The molecule has 1 aromatic rings. The van der Waals surface area contributed by atoms with Crippen molar-refractivity contribution in [2.24, 2.45) is 0 Å². The molecule has 0 aliphatic carbocycles. The molecule has 0 aromatic heterocycles. The minimum atomic E-state index is 0.311. The molecule has 0 saturated carbocycles. The second-order valence-corrected chi connectivity index (χ2v) is 3.61. The maximum atomic E-state index is 9.37. The summed E-state index contributed by atoms with van der Waals surface area (Å²) in [5, 5.41) is 12.4. The van der Waals surface area contributed by atoms with Crippen LogP contribution in [0, 0.1) is 25.7 Å². The maximum Gasteiger partial charge on any atom is 0.116 e. The van der Waals surface area contributed by atoms with E-state index in [0.717, 1.165) is 29.7 Å². The summed E-state index contributed by atoms with van der Waals surface area (Å²) in [5.41, 5.74) is 3.10. The Morgan fingerprint density at radius 3 is 2.40 bits per heavy atom. The molecule has 0 radical (unpaired) electrons. The Kier molecular flexibility index (Phi) is 4.20. The van der Waals surface area contributed by atoms with E-state index in [1.807, 2.05) is 20.9 Å². The number of phenolic OH excluding ortho intramolecular Hbond substituents is 1. The summed E-state index contributed by atoms with van der Waals surface area (Å²) in [6, 6.07) is 3.49. The fraction of sp³-hybridized carbons (Fsp3) is 0.385. The molecule has 0 heterocycles. The Balaban J connectivity index is 2.88. The smallest absolute Gasteiger partial charge is 0.116 e. The van der Waals surface area contributed by atoms with E-state index in [1.165, 1.54) is 0 Å². The van der Waals surface area contributed by atoms with Crippen molar-refractivity contribution in [1.82, 2.24) is 5.32 Å². The first-order valence-electron chi connectivity index (χ1n) is 5.09. The molecule has 2 heteroatoms. The second kappa shape index (κ2) is 5.43. The van der Waals surface area contributed by atoms with Gasteiger partial charge in [-0.3, -0.25) is 0 Å². The number of rotatable bonds is 2. The van der Waals surface area contributed by atoms with E-state index in [2.05, 4.69) is 17.2 Å². The summed E-state index contributed by atoms with van der Waals surface area (Å²) >= 11 is 0. The average molecular weight is 203 g/mol. The molecule has 1 rings (SSSR count). The molecular formula is C13H17NO. The van der Waals surface area contributed by atoms with Crippen LogP contribution in [-0.4, -0.2) is 18.7 Å². The van der Waals surface area contributed by atoms with Gasteiger partial charge < -0.3 is 10.4 Å². The van der Waals surface area contributed by atoms with Crippen LogP contribution in [0.15, 0.2) is 12.1 Å². The molecule has 0 amide bonds. The molecule has 15 heavy (non-hydrogen) atoms. The lowest BCUT2D eigenvalue weighted by atomic mass is 10.0. The van der Waals surface area contributed by atoms with Crippen molar-refractivity contribution in [1.29, 1.82) is 0 Å². The summed E-state index contributed by atoms with van der Waals surface area (Å²) in [7, 11) is 1.92. The quantitative estimate of drug-likeness (QED) is 0.569. The average Bonchev–Trinajstić information content (AvgIpc) is 2.15. The van der Waals surface area contributed by atoms with Crippen molar-refractivity contribution in [2.75, 3.05) is 13.6 Å². The number of phenols is 1. The molecule has 0 bridgehead atoms. The highest BCUT2D eigenvalue weighted by Gasteiger charge is 2.01. The van der Waals surface area contributed by atoms with Gasteiger partial charge in [-0.05, 0) is 44.2 Å². The standard InChI is InChI=1S/C13H17NO/c1-10-8-12(15)9-11(2)13(10)6-4-5-7-14-3/h8-9,14-15H,5,7H2,1-3H3. The fourth-order valence-electron chi connectivity index (χ4n) is 1.48. The zero-order valence-corrected chi connectivity index (χ0v) is 9.52. The van der Waals surface area contributed by atoms with E-state index in [-0.39, 0.29) is 0 Å². The highest BCUT2D eigenvalue weighted by atomic mass is 16.3. The minimum Gasteiger partial charge on any atom is -0.508 e. The third-order valence-corrected chi connectivity index (χ3v) is 2.23. The van der Waals surface area contributed by atoms with Gasteiger partial charge in [0, 0.05) is 18.5 Å². The summed E-state index contributed by atoms with van der Waals surface area (Å²) in [4.78, 5) is 0. The van der Waals surface area contributed by atoms with Gasteiger partial charge in [-0.1, -0.05) is 11.8 Å². The lowest BCUT2D eigenvalue weighted by Crippen LogP contribution is -2.05. The van der Waals surface area contributed by atoms with Crippen LogP contribution in [0.25, 0.3) is 0 Å². The van der Waals surface area contributed by atoms with Crippen LogP contribution in [0.4, 0.5) is 0 Å². The molecule has 0 saturated heterocycles. The maximum absolute atomic E-state index is 9.37. The van der Waals surface area contributed by atoms with Gasteiger partial charge in [-0.25, -0.2) is 0 Å². The Labute approximate surface area is 91.3 Å². The number of aryl methyl sites for hydroxylation is 2. The number of nitrogens with one attached hydrogen (secondary N) is 1. The number of benzene rings is 1. The Hall–Kier alpha value is -1.46. The summed E-state index contributed by atoms with van der Waals surface area (Å²) in [6.45, 7) is 4.84. The largest absolute Gasteiger partial charge is 0.508 e. The molecule has 2 nitrogen and oxygen atoms in total. The SMILES string of the molecule is CNCCC#Cc1c(C)cc(O)cc1C. The van der Waals surface area contributed by atoms with Crippen molar-refractivity contribution in [3.8, 4) is 17.6 Å². The van der Waals surface area contributed by atoms with E-state index >= 15 is 0 Å². The van der Waals surface area contributed by atoms with Crippen LogP contribution in [0.5, 0.6) is 5.75 Å². The molecule has 0 aliphatic rings. The predicted octanol–water partition coefficient (Wildman–Crippen LogP) is 1.97. The van der Waals surface area contributed by atoms with E-state index in [1.54, 1.807) is 12.1 Å². The Morgan fingerprint density at radius 2 is 1.87 bits per heavy atom. The lowest BCUT2D eigenvalue weighted by Gasteiger charge is -2.03. The third-order valence-electron chi connectivity index (χ3n) is 2.23. The van der Waals surface area contributed by atoms with Gasteiger partial charge >= 0.3 is 0 Å². The van der Waals surface area contributed by atoms with Crippen LogP contribution < -0.4 is 5.32 Å². The topological polar surface area (TPSA) is 32.3 Å². The molecule has 0 atom stereocenters. The van der Waals surface area contributed by atoms with Crippen molar-refractivity contribution in [2.45, 2.75) is 20.3 Å². The molecular weight excluding hydrogens is 186 g/mol. The highest BCUT2D eigenvalue weighted by molar-refractivity contribution is 5.49. The molecule has 0 unspecified atom stereocenters. The van der Waals surface area contributed by atoms with Crippen LogP contribution in [0.2, 0.25) is 0 Å². The molecule has 1 aromatic carbocycles. The first-order chi connectivity index (χ1) is 7.15. The first-order valence-corrected chi connectivity index (χ1v) is 5.09. The van der Waals surface area contributed by atoms with Crippen molar-refractivity contribution >= 4 is 0 Å². The molecule has 80 valence electrons. The van der Waals surface area contributed by atoms with E-state index in [9.17, 15) is 5.11 Å². The Bertz CT molecular complexity index is 376. The molecule has 2 N–H and O–H groups in total. The highest BCUT2D eigenvalue weighted by Crippen LogP contribution is 2.19. The zero-order chi connectivity index (χ0) is 11.3. The summed E-state index contributed by atoms with van der Waals surface area (Å²) in [5.74, 6) is 6.56. The van der Waals surface area contributed by atoms with Crippen LogP contribution in [0.3, 0.4) is 0 Å². The van der Waals surface area contributed by atoms with Crippen LogP contribution in [0.1, 0.15) is 23.1 Å². The summed E-state index contributed by atoms with van der Waals surface area (Å²) in [6.07, 6.45) is 0.844. The first kappa shape index (κ1) is 11.6. The monoisotopic (exact) mass is 203 g/mol. The predicted molar refractivity (Wildman–Crippen MR) is 63.0 cm³/mol. The van der Waals surface area contributed by atoms with Gasteiger partial charge in [0.15, 0.2) is 0 Å². The van der Waals surface area contributed by atoms with Gasteiger partial charge in [0.2, 0.25) is 0 Å². The zero-order valence-electron chi connectivity index (χ0n) is 9.52. The number of hydrogen-bond donors (Lipinski definition) is 2. The second-order valence-electron chi connectivity index (χ2n) is 3.61. The van der Waals surface area contributed by atoms with E-state index in [0.29, 0.717) is 5.75 Å². The van der Waals surface area contributed by atoms with Crippen molar-refractivity contribution in [3.05, 3.63) is 28.8 Å². The minimum absolute atomic E-state index is 0.311. The van der Waals surface area contributed by atoms with Gasteiger partial charge in [0.25, 0.3) is 0 Å². The van der Waals surface area contributed by atoms with Crippen molar-refractivity contribution < 1.29 is 5.11 Å². The van der Waals surface area contributed by atoms with Gasteiger partial charge in [-0.15, -0.1) is 0 Å². The van der Waals surface area contributed by atoms with Crippen molar-refractivity contribution in [3.63, 3.8) is 0 Å². The van der Waals surface area contributed by atoms with Crippen LogP contribution in [-0.2, 0) is 0 Å². The normalized spacial score (nSPS) is 9.53. The summed E-state index contributed by atoms with van der Waals surface area (Å²) < 4.78 is 0. The van der Waals surface area contributed by atoms with E-state index < -0.39 is 0 Å². The van der Waals surface area contributed by atoms with Gasteiger partial charge in [-0.2, -0.15) is 0 Å². The van der Waals surface area contributed by atoms with E-state index in [4.69, 9.17) is 0 Å². The van der Waals surface area contributed by atoms with Crippen LogP contribution >= 0.6 is 0 Å². The lowest BCUT2D eigenvalue weighted by molar-refractivity contribution is 0.474. The van der Waals surface area contributed by atoms with Gasteiger partial charge in [0.1, 0.15) is 5.75 Å².